The number of piperidine rings is 1. The lowest BCUT2D eigenvalue weighted by molar-refractivity contribution is -0.189. The summed E-state index contributed by atoms with van der Waals surface area (Å²) in [6.45, 7) is 5.94. The second-order valence-corrected chi connectivity index (χ2v) is 8.58. The van der Waals surface area contributed by atoms with Crippen LogP contribution in [0.15, 0.2) is 18.2 Å². The molecule has 6 heteroatoms. The molecule has 2 N–H and O–H groups in total. The molecule has 3 aliphatic heterocycles. The molecule has 6 nitrogen and oxygen atoms in total. The third-order valence-corrected chi connectivity index (χ3v) is 6.44. The number of phenolic OH excluding ortho intramolecular Hbond substituents is 1. The molecule has 1 aromatic carbocycles. The molecule has 1 aromatic rings. The van der Waals surface area contributed by atoms with Crippen LogP contribution in [0.2, 0.25) is 0 Å². The van der Waals surface area contributed by atoms with Crippen molar-refractivity contribution in [3.05, 3.63) is 23.8 Å². The van der Waals surface area contributed by atoms with Gasteiger partial charge in [0.15, 0.2) is 11.5 Å². The summed E-state index contributed by atoms with van der Waals surface area (Å²) < 4.78 is 12.8. The number of phenols is 1. The van der Waals surface area contributed by atoms with Gasteiger partial charge in [0.25, 0.3) is 0 Å². The Morgan fingerprint density at radius 1 is 1.37 bits per heavy atom. The summed E-state index contributed by atoms with van der Waals surface area (Å²) in [5.74, 6) is 0.176. The SMILES string of the molecule is CC1(C)Oc2c(O)cccc2[C@H]2O[C@H]3CCCN(CCCC(=O)O)[C@H]3C[C@@H]21. The van der Waals surface area contributed by atoms with Gasteiger partial charge in [0.1, 0.15) is 5.60 Å². The van der Waals surface area contributed by atoms with E-state index in [9.17, 15) is 9.90 Å². The minimum atomic E-state index is -0.734. The molecule has 3 aliphatic rings. The highest BCUT2D eigenvalue weighted by Gasteiger charge is 2.52. The van der Waals surface area contributed by atoms with Gasteiger partial charge < -0.3 is 19.7 Å². The lowest BCUT2D eigenvalue weighted by Crippen LogP contribution is -2.59. The lowest BCUT2D eigenvalue weighted by atomic mass is 9.72. The van der Waals surface area contributed by atoms with Crippen LogP contribution in [0.4, 0.5) is 0 Å². The molecule has 148 valence electrons. The minimum absolute atomic E-state index is 0.0731. The standard InChI is InChI=1S/C21H29NO5/c1-21(2)14-12-15-17(8-4-10-22(15)11-5-9-18(24)25)26-19(14)13-6-3-7-16(23)20(13)27-21/h3,6-7,14-15,17,19,23H,4-5,8-12H2,1-2H3,(H,24,25)/t14-,15-,17-,19+/m0/s1. The number of hydrogen-bond acceptors (Lipinski definition) is 5. The van der Waals surface area contributed by atoms with Crippen molar-refractivity contribution in [1.29, 1.82) is 0 Å². The first-order valence-corrected chi connectivity index (χ1v) is 9.99. The van der Waals surface area contributed by atoms with E-state index in [0.29, 0.717) is 18.2 Å². The monoisotopic (exact) mass is 375 g/mol. The molecule has 2 saturated heterocycles. The number of fused-ring (bicyclic) bond motifs is 4. The van der Waals surface area contributed by atoms with E-state index in [2.05, 4.69) is 18.7 Å². The maximum absolute atomic E-state index is 10.9. The van der Waals surface area contributed by atoms with E-state index in [1.165, 1.54) is 0 Å². The molecule has 4 atom stereocenters. The molecule has 0 bridgehead atoms. The van der Waals surface area contributed by atoms with Crippen LogP contribution in [-0.2, 0) is 9.53 Å². The minimum Gasteiger partial charge on any atom is -0.504 e. The maximum Gasteiger partial charge on any atom is 0.303 e. The van der Waals surface area contributed by atoms with Gasteiger partial charge in [-0.2, -0.15) is 0 Å². The molecule has 2 fully saturated rings. The third kappa shape index (κ3) is 3.41. The normalized spacial score (nSPS) is 31.9. The van der Waals surface area contributed by atoms with Crippen molar-refractivity contribution in [3.8, 4) is 11.5 Å². The summed E-state index contributed by atoms with van der Waals surface area (Å²) in [5, 5.41) is 19.2. The van der Waals surface area contributed by atoms with Crippen LogP contribution in [0, 0.1) is 5.92 Å². The third-order valence-electron chi connectivity index (χ3n) is 6.44. The highest BCUT2D eigenvalue weighted by Crippen LogP contribution is 2.54. The smallest absolute Gasteiger partial charge is 0.303 e. The van der Waals surface area contributed by atoms with Gasteiger partial charge in [-0.15, -0.1) is 0 Å². The highest BCUT2D eigenvalue weighted by atomic mass is 16.5. The van der Waals surface area contributed by atoms with Crippen LogP contribution in [-0.4, -0.2) is 51.9 Å². The average molecular weight is 375 g/mol. The van der Waals surface area contributed by atoms with E-state index in [4.69, 9.17) is 14.6 Å². The summed E-state index contributed by atoms with van der Waals surface area (Å²) >= 11 is 0. The number of benzene rings is 1. The van der Waals surface area contributed by atoms with Crippen LogP contribution >= 0.6 is 0 Å². The zero-order chi connectivity index (χ0) is 19.2. The van der Waals surface area contributed by atoms with Crippen LogP contribution in [0.25, 0.3) is 0 Å². The van der Waals surface area contributed by atoms with Crippen molar-refractivity contribution in [3.63, 3.8) is 0 Å². The molecule has 27 heavy (non-hydrogen) atoms. The Balaban J connectivity index is 1.57. The molecule has 0 spiro atoms. The quantitative estimate of drug-likeness (QED) is 0.840. The summed E-state index contributed by atoms with van der Waals surface area (Å²) in [7, 11) is 0. The first-order valence-electron chi connectivity index (χ1n) is 9.99. The van der Waals surface area contributed by atoms with Gasteiger partial charge in [-0.1, -0.05) is 12.1 Å². The van der Waals surface area contributed by atoms with Crippen molar-refractivity contribution in [2.75, 3.05) is 13.1 Å². The van der Waals surface area contributed by atoms with Gasteiger partial charge in [-0.05, 0) is 58.7 Å². The topological polar surface area (TPSA) is 79.2 Å². The van der Waals surface area contributed by atoms with Gasteiger partial charge in [-0.25, -0.2) is 0 Å². The van der Waals surface area contributed by atoms with E-state index < -0.39 is 11.6 Å². The van der Waals surface area contributed by atoms with Gasteiger partial charge in [0, 0.05) is 23.9 Å². The molecule has 0 saturated carbocycles. The Morgan fingerprint density at radius 2 is 2.19 bits per heavy atom. The van der Waals surface area contributed by atoms with E-state index in [0.717, 1.165) is 37.9 Å². The van der Waals surface area contributed by atoms with Gasteiger partial charge in [-0.3, -0.25) is 9.69 Å². The van der Waals surface area contributed by atoms with Crippen LogP contribution in [0.3, 0.4) is 0 Å². The van der Waals surface area contributed by atoms with E-state index in [-0.39, 0.29) is 30.3 Å². The summed E-state index contributed by atoms with van der Waals surface area (Å²) in [6, 6.07) is 5.80. The second kappa shape index (κ2) is 6.99. The van der Waals surface area contributed by atoms with Crippen molar-refractivity contribution in [2.45, 2.75) is 69.8 Å². The number of para-hydroxylation sites is 1. The Morgan fingerprint density at radius 3 is 2.96 bits per heavy atom. The van der Waals surface area contributed by atoms with Crippen molar-refractivity contribution in [2.24, 2.45) is 5.92 Å². The Bertz CT molecular complexity index is 719. The Kier molecular flexibility index (Phi) is 4.80. The first kappa shape index (κ1) is 18.6. The summed E-state index contributed by atoms with van der Waals surface area (Å²) in [6.07, 6.45) is 4.01. The van der Waals surface area contributed by atoms with Gasteiger partial charge in [0.2, 0.25) is 0 Å². The molecule has 0 unspecified atom stereocenters. The summed E-state index contributed by atoms with van der Waals surface area (Å²) in [5.41, 5.74) is 0.506. The Hall–Kier alpha value is -1.79. The molecule has 3 heterocycles. The molecule has 0 aromatic heterocycles. The largest absolute Gasteiger partial charge is 0.504 e. The van der Waals surface area contributed by atoms with Crippen LogP contribution in [0.1, 0.15) is 57.6 Å². The molecular weight excluding hydrogens is 346 g/mol. The number of aliphatic carboxylic acids is 1. The van der Waals surface area contributed by atoms with Gasteiger partial charge in [0.05, 0.1) is 12.2 Å². The number of carbonyl (C=O) groups is 1. The number of ether oxygens (including phenoxy) is 2. The fraction of sp³-hybridized carbons (Fsp3) is 0.667. The zero-order valence-electron chi connectivity index (χ0n) is 16.1. The molecular formula is C21H29NO5. The predicted octanol–water partition coefficient (Wildman–Crippen LogP) is 3.34. The van der Waals surface area contributed by atoms with E-state index >= 15 is 0 Å². The maximum atomic E-state index is 10.9. The van der Waals surface area contributed by atoms with Gasteiger partial charge >= 0.3 is 5.97 Å². The fourth-order valence-corrected chi connectivity index (χ4v) is 5.08. The zero-order valence-corrected chi connectivity index (χ0v) is 16.1. The number of rotatable bonds is 4. The number of nitrogens with zero attached hydrogens (tertiary/aromatic N) is 1. The van der Waals surface area contributed by atoms with Crippen LogP contribution < -0.4 is 4.74 Å². The lowest BCUT2D eigenvalue weighted by Gasteiger charge is -2.54. The molecule has 0 aliphatic carbocycles. The highest BCUT2D eigenvalue weighted by molar-refractivity contribution is 5.66. The summed E-state index contributed by atoms with van der Waals surface area (Å²) in [4.78, 5) is 13.3. The number of aromatic hydroxyl groups is 1. The van der Waals surface area contributed by atoms with E-state index in [1.54, 1.807) is 6.07 Å². The van der Waals surface area contributed by atoms with Crippen molar-refractivity contribution in [1.82, 2.24) is 4.90 Å². The molecule has 4 rings (SSSR count). The van der Waals surface area contributed by atoms with E-state index in [1.807, 2.05) is 12.1 Å². The predicted molar refractivity (Wildman–Crippen MR) is 100.0 cm³/mol. The van der Waals surface area contributed by atoms with Crippen molar-refractivity contribution >= 4 is 5.97 Å². The molecule has 0 amide bonds. The first-order chi connectivity index (χ1) is 12.9. The Labute approximate surface area is 160 Å². The fourth-order valence-electron chi connectivity index (χ4n) is 5.08. The number of likely N-dealkylation sites (tertiary alicyclic amines) is 1. The second-order valence-electron chi connectivity index (χ2n) is 8.58. The van der Waals surface area contributed by atoms with Crippen LogP contribution in [0.5, 0.6) is 11.5 Å². The number of hydrogen-bond donors (Lipinski definition) is 2. The number of carboxylic acids is 1. The molecule has 0 radical (unpaired) electrons. The van der Waals surface area contributed by atoms with Crippen molar-refractivity contribution < 1.29 is 24.5 Å². The number of carboxylic acid groups (broad SMARTS) is 1. The average Bonchev–Trinajstić information content (AvgIpc) is 2.61.